The average molecular weight is 280 g/mol. The van der Waals surface area contributed by atoms with E-state index in [4.69, 9.17) is 4.42 Å². The Morgan fingerprint density at radius 2 is 2.31 bits per heavy atom. The predicted octanol–water partition coefficient (Wildman–Crippen LogP) is 3.17. The van der Waals surface area contributed by atoms with Crippen LogP contribution in [0.2, 0.25) is 0 Å². The Balaban J connectivity index is 2.21. The zero-order valence-corrected chi connectivity index (χ0v) is 10.3. The van der Waals surface area contributed by atoms with Crippen molar-refractivity contribution in [3.05, 3.63) is 52.1 Å². The molecule has 3 nitrogen and oxygen atoms in total. The second-order valence-electron chi connectivity index (χ2n) is 3.47. The summed E-state index contributed by atoms with van der Waals surface area (Å²) in [5.74, 6) is 0.00225. The highest BCUT2D eigenvalue weighted by Gasteiger charge is 2.14. The van der Waals surface area contributed by atoms with Crippen LogP contribution in [0.1, 0.15) is 21.6 Å². The first-order valence-corrected chi connectivity index (χ1v) is 5.64. The molecule has 0 atom stereocenters. The Kier molecular flexibility index (Phi) is 3.19. The summed E-state index contributed by atoms with van der Waals surface area (Å²) in [6, 6.07) is 5.46. The van der Waals surface area contributed by atoms with Gasteiger partial charge in [-0.1, -0.05) is 6.07 Å². The van der Waals surface area contributed by atoms with Gasteiger partial charge in [-0.3, -0.25) is 9.78 Å². The molecule has 0 amide bonds. The van der Waals surface area contributed by atoms with Crippen molar-refractivity contribution in [2.24, 2.45) is 0 Å². The molecule has 0 bridgehead atoms. The van der Waals surface area contributed by atoms with Crippen molar-refractivity contribution in [3.8, 4) is 0 Å². The molecule has 0 unspecified atom stereocenters. The smallest absolute Gasteiger partial charge is 0.179 e. The summed E-state index contributed by atoms with van der Waals surface area (Å²) >= 11 is 3.19. The highest BCUT2D eigenvalue weighted by Crippen LogP contribution is 2.19. The van der Waals surface area contributed by atoms with Crippen LogP contribution in [0, 0.1) is 6.92 Å². The maximum absolute atomic E-state index is 11.9. The van der Waals surface area contributed by atoms with Gasteiger partial charge in [-0.05, 0) is 40.5 Å². The fraction of sp³-hybridized carbons (Fsp3) is 0.167. The monoisotopic (exact) mass is 279 g/mol. The summed E-state index contributed by atoms with van der Waals surface area (Å²) < 4.78 is 5.51. The van der Waals surface area contributed by atoms with Gasteiger partial charge in [0, 0.05) is 6.20 Å². The minimum Gasteiger partial charge on any atom is -0.457 e. The first kappa shape index (κ1) is 11.1. The number of halogens is 1. The van der Waals surface area contributed by atoms with Crippen LogP contribution in [-0.4, -0.2) is 10.8 Å². The molecule has 0 N–H and O–H groups in total. The van der Waals surface area contributed by atoms with E-state index in [9.17, 15) is 4.79 Å². The molecule has 2 rings (SSSR count). The lowest BCUT2D eigenvalue weighted by molar-refractivity contribution is 0.0990. The van der Waals surface area contributed by atoms with Gasteiger partial charge in [0.1, 0.15) is 0 Å². The number of nitrogens with zero attached hydrogens (tertiary/aromatic N) is 1. The van der Waals surface area contributed by atoms with Gasteiger partial charge in [-0.25, -0.2) is 0 Å². The third-order valence-corrected chi connectivity index (χ3v) is 2.98. The van der Waals surface area contributed by atoms with Gasteiger partial charge in [0.15, 0.2) is 10.5 Å². The van der Waals surface area contributed by atoms with E-state index in [0.717, 1.165) is 11.3 Å². The third kappa shape index (κ3) is 2.22. The van der Waals surface area contributed by atoms with Gasteiger partial charge < -0.3 is 4.42 Å². The molecular formula is C12H10BrNO2. The molecule has 0 aliphatic heterocycles. The van der Waals surface area contributed by atoms with Gasteiger partial charge in [0.2, 0.25) is 0 Å². The molecule has 2 heterocycles. The van der Waals surface area contributed by atoms with Crippen LogP contribution in [0.15, 0.2) is 39.7 Å². The first-order chi connectivity index (χ1) is 7.68. The van der Waals surface area contributed by atoms with Crippen molar-refractivity contribution in [1.82, 2.24) is 4.98 Å². The molecule has 16 heavy (non-hydrogen) atoms. The van der Waals surface area contributed by atoms with E-state index >= 15 is 0 Å². The second-order valence-corrected chi connectivity index (χ2v) is 4.20. The standard InChI is InChI=1S/C12H10BrNO2/c1-8-3-2-5-14-10(8)7-11(15)9-4-6-16-12(9)13/h2-6H,7H2,1H3. The number of carbonyl (C=O) groups is 1. The molecule has 0 fully saturated rings. The predicted molar refractivity (Wildman–Crippen MR) is 63.4 cm³/mol. The lowest BCUT2D eigenvalue weighted by Crippen LogP contribution is -2.06. The van der Waals surface area contributed by atoms with Crippen LogP contribution in [0.3, 0.4) is 0 Å². The van der Waals surface area contributed by atoms with Crippen molar-refractivity contribution < 1.29 is 9.21 Å². The zero-order chi connectivity index (χ0) is 11.5. The van der Waals surface area contributed by atoms with Crippen LogP contribution in [-0.2, 0) is 6.42 Å². The molecular weight excluding hydrogens is 270 g/mol. The summed E-state index contributed by atoms with van der Waals surface area (Å²) in [4.78, 5) is 16.1. The summed E-state index contributed by atoms with van der Waals surface area (Å²) in [7, 11) is 0. The molecule has 0 spiro atoms. The fourth-order valence-corrected chi connectivity index (χ4v) is 1.91. The van der Waals surface area contributed by atoms with Crippen LogP contribution in [0.25, 0.3) is 0 Å². The SMILES string of the molecule is Cc1cccnc1CC(=O)c1ccoc1Br. The first-order valence-electron chi connectivity index (χ1n) is 4.85. The van der Waals surface area contributed by atoms with Crippen LogP contribution in [0.5, 0.6) is 0 Å². The largest absolute Gasteiger partial charge is 0.457 e. The number of hydrogen-bond donors (Lipinski definition) is 0. The molecule has 0 saturated carbocycles. The van der Waals surface area contributed by atoms with Crippen molar-refractivity contribution in [2.45, 2.75) is 13.3 Å². The highest BCUT2D eigenvalue weighted by atomic mass is 79.9. The lowest BCUT2D eigenvalue weighted by Gasteiger charge is -2.02. The Hall–Kier alpha value is -1.42. The minimum absolute atomic E-state index is 0.00225. The van der Waals surface area contributed by atoms with Gasteiger partial charge in [-0.15, -0.1) is 0 Å². The topological polar surface area (TPSA) is 43.1 Å². The number of carbonyl (C=O) groups excluding carboxylic acids is 1. The third-order valence-electron chi connectivity index (χ3n) is 2.36. The number of ketones is 1. The van der Waals surface area contributed by atoms with Gasteiger partial charge >= 0.3 is 0 Å². The number of aryl methyl sites for hydroxylation is 1. The van der Waals surface area contributed by atoms with Crippen molar-refractivity contribution >= 4 is 21.7 Å². The summed E-state index contributed by atoms with van der Waals surface area (Å²) in [6.07, 6.45) is 3.48. The van der Waals surface area contributed by atoms with E-state index in [-0.39, 0.29) is 5.78 Å². The van der Waals surface area contributed by atoms with E-state index in [1.165, 1.54) is 6.26 Å². The molecule has 82 valence electrons. The quantitative estimate of drug-likeness (QED) is 0.811. The summed E-state index contributed by atoms with van der Waals surface area (Å²) in [5.41, 5.74) is 2.39. The highest BCUT2D eigenvalue weighted by molar-refractivity contribution is 9.10. The van der Waals surface area contributed by atoms with Crippen molar-refractivity contribution in [3.63, 3.8) is 0 Å². The summed E-state index contributed by atoms with van der Waals surface area (Å²) in [6.45, 7) is 1.94. The lowest BCUT2D eigenvalue weighted by atomic mass is 10.1. The van der Waals surface area contributed by atoms with Crippen molar-refractivity contribution in [1.29, 1.82) is 0 Å². The number of pyridine rings is 1. The molecule has 2 aromatic rings. The van der Waals surface area contributed by atoms with Gasteiger partial charge in [0.05, 0.1) is 23.9 Å². The molecule has 0 saturated heterocycles. The van der Waals surface area contributed by atoms with E-state index < -0.39 is 0 Å². The number of aromatic nitrogens is 1. The van der Waals surface area contributed by atoms with Crippen LogP contribution in [0.4, 0.5) is 0 Å². The molecule has 0 aliphatic rings. The molecule has 0 aromatic carbocycles. The minimum atomic E-state index is 0.00225. The maximum Gasteiger partial charge on any atom is 0.179 e. The molecule has 2 aromatic heterocycles. The fourth-order valence-electron chi connectivity index (χ4n) is 1.44. The molecule has 0 aliphatic carbocycles. The Morgan fingerprint density at radius 3 is 2.94 bits per heavy atom. The number of furan rings is 1. The van der Waals surface area contributed by atoms with Crippen LogP contribution >= 0.6 is 15.9 Å². The molecule has 4 heteroatoms. The maximum atomic E-state index is 11.9. The van der Waals surface area contributed by atoms with E-state index in [1.54, 1.807) is 12.3 Å². The van der Waals surface area contributed by atoms with Gasteiger partial charge in [0.25, 0.3) is 0 Å². The average Bonchev–Trinajstić information content (AvgIpc) is 2.68. The summed E-state index contributed by atoms with van der Waals surface area (Å²) in [5, 5.41) is 0. The number of hydrogen-bond acceptors (Lipinski definition) is 3. The van der Waals surface area contributed by atoms with E-state index in [1.807, 2.05) is 19.1 Å². The zero-order valence-electron chi connectivity index (χ0n) is 8.74. The second kappa shape index (κ2) is 4.61. The van der Waals surface area contributed by atoms with Crippen molar-refractivity contribution in [2.75, 3.05) is 0 Å². The van der Waals surface area contributed by atoms with Gasteiger partial charge in [-0.2, -0.15) is 0 Å². The Morgan fingerprint density at radius 1 is 1.50 bits per heavy atom. The Bertz CT molecular complexity index is 519. The normalized spacial score (nSPS) is 10.4. The van der Waals surface area contributed by atoms with E-state index in [2.05, 4.69) is 20.9 Å². The van der Waals surface area contributed by atoms with E-state index in [0.29, 0.717) is 16.7 Å². The Labute approximate surface area is 102 Å². The molecule has 0 radical (unpaired) electrons. The number of Topliss-reactive ketones (excluding diaryl/α,β-unsaturated/α-hetero) is 1. The van der Waals surface area contributed by atoms with Crippen LogP contribution < -0.4 is 0 Å². The number of rotatable bonds is 3.